The second-order valence-electron chi connectivity index (χ2n) is 4.25. The molecule has 1 aliphatic carbocycles. The fourth-order valence-electron chi connectivity index (χ4n) is 2.15. The number of pyridine rings is 1. The first kappa shape index (κ1) is 10.1. The number of carbonyl (C=O) groups excluding carboxylic acids is 1. The van der Waals surface area contributed by atoms with Crippen LogP contribution in [0, 0.1) is 5.92 Å². The van der Waals surface area contributed by atoms with Crippen molar-refractivity contribution >= 4 is 11.5 Å². The molecule has 1 fully saturated rings. The van der Waals surface area contributed by atoms with Crippen molar-refractivity contribution in [3.05, 3.63) is 24.0 Å². The number of rotatable bonds is 3. The summed E-state index contributed by atoms with van der Waals surface area (Å²) in [6.45, 7) is 0. The molecule has 0 aliphatic heterocycles. The van der Waals surface area contributed by atoms with Crippen LogP contribution in [-0.2, 0) is 0 Å². The topological polar surface area (TPSA) is 56.0 Å². The Balaban J connectivity index is 1.98. The van der Waals surface area contributed by atoms with Gasteiger partial charge in [0.05, 0.1) is 11.9 Å². The molecule has 15 heavy (non-hydrogen) atoms. The average Bonchev–Trinajstić information content (AvgIpc) is 2.71. The van der Waals surface area contributed by atoms with Gasteiger partial charge in [-0.05, 0) is 18.1 Å². The molecule has 1 saturated carbocycles. The van der Waals surface area contributed by atoms with Crippen LogP contribution in [0.3, 0.4) is 0 Å². The second kappa shape index (κ2) is 4.43. The van der Waals surface area contributed by atoms with Gasteiger partial charge in [0.2, 0.25) is 0 Å². The molecule has 0 spiro atoms. The highest BCUT2D eigenvalue weighted by atomic mass is 16.1. The smallest absolute Gasteiger partial charge is 0.181 e. The number of hydrogen-bond acceptors (Lipinski definition) is 3. The van der Waals surface area contributed by atoms with E-state index in [1.165, 1.54) is 25.7 Å². The molecule has 3 heteroatoms. The van der Waals surface area contributed by atoms with Gasteiger partial charge in [0.25, 0.3) is 0 Å². The quantitative estimate of drug-likeness (QED) is 0.769. The van der Waals surface area contributed by atoms with E-state index >= 15 is 0 Å². The maximum absolute atomic E-state index is 11.8. The van der Waals surface area contributed by atoms with Gasteiger partial charge in [0, 0.05) is 6.42 Å². The molecule has 2 rings (SSSR count). The van der Waals surface area contributed by atoms with Crippen LogP contribution in [-0.4, -0.2) is 10.8 Å². The maximum atomic E-state index is 11.8. The third-order valence-electron chi connectivity index (χ3n) is 3.02. The van der Waals surface area contributed by atoms with Gasteiger partial charge in [-0.1, -0.05) is 25.7 Å². The van der Waals surface area contributed by atoms with Gasteiger partial charge in [-0.2, -0.15) is 0 Å². The molecule has 0 atom stereocenters. The molecular formula is C12H16N2O. The average molecular weight is 204 g/mol. The number of carbonyl (C=O) groups is 1. The Morgan fingerprint density at radius 1 is 1.40 bits per heavy atom. The molecule has 0 radical (unpaired) electrons. The number of nitrogens with two attached hydrogens (primary N) is 1. The van der Waals surface area contributed by atoms with Crippen molar-refractivity contribution in [1.29, 1.82) is 0 Å². The molecule has 3 nitrogen and oxygen atoms in total. The minimum atomic E-state index is 0.155. The van der Waals surface area contributed by atoms with Gasteiger partial charge >= 0.3 is 0 Å². The van der Waals surface area contributed by atoms with Crippen LogP contribution in [0.1, 0.15) is 42.6 Å². The molecule has 0 saturated heterocycles. The van der Waals surface area contributed by atoms with Gasteiger partial charge < -0.3 is 5.73 Å². The summed E-state index contributed by atoms with van der Waals surface area (Å²) in [7, 11) is 0. The Hall–Kier alpha value is -1.38. The summed E-state index contributed by atoms with van der Waals surface area (Å²) >= 11 is 0. The van der Waals surface area contributed by atoms with Gasteiger partial charge in [-0.3, -0.25) is 9.78 Å². The molecule has 1 aliphatic rings. The molecule has 1 heterocycles. The van der Waals surface area contributed by atoms with Crippen LogP contribution in [0.4, 0.5) is 5.69 Å². The first-order chi connectivity index (χ1) is 7.25. The Kier molecular flexibility index (Phi) is 2.99. The first-order valence-corrected chi connectivity index (χ1v) is 5.50. The lowest BCUT2D eigenvalue weighted by atomic mass is 9.99. The number of Topliss-reactive ketones (excluding diaryl/α,β-unsaturated/α-hetero) is 1. The van der Waals surface area contributed by atoms with E-state index in [4.69, 9.17) is 5.73 Å². The van der Waals surface area contributed by atoms with Crippen LogP contribution in [0.15, 0.2) is 18.3 Å². The summed E-state index contributed by atoms with van der Waals surface area (Å²) in [5, 5.41) is 0. The lowest BCUT2D eigenvalue weighted by molar-refractivity contribution is 0.0957. The minimum Gasteiger partial charge on any atom is -0.397 e. The van der Waals surface area contributed by atoms with Gasteiger partial charge in [-0.25, -0.2) is 0 Å². The fourth-order valence-corrected chi connectivity index (χ4v) is 2.15. The SMILES string of the molecule is Nc1ccc(C(=O)CC2CCCC2)nc1. The molecule has 1 aromatic rings. The zero-order valence-electron chi connectivity index (χ0n) is 8.78. The minimum absolute atomic E-state index is 0.155. The molecule has 80 valence electrons. The lowest BCUT2D eigenvalue weighted by Crippen LogP contribution is -2.07. The van der Waals surface area contributed by atoms with Crippen molar-refractivity contribution in [3.63, 3.8) is 0 Å². The number of anilines is 1. The van der Waals surface area contributed by atoms with Crippen LogP contribution in [0.2, 0.25) is 0 Å². The van der Waals surface area contributed by atoms with E-state index in [2.05, 4.69) is 4.98 Å². The zero-order chi connectivity index (χ0) is 10.7. The number of nitrogens with zero attached hydrogens (tertiary/aromatic N) is 1. The summed E-state index contributed by atoms with van der Waals surface area (Å²) in [5.74, 6) is 0.735. The molecule has 0 aromatic carbocycles. The van der Waals surface area contributed by atoms with Crippen LogP contribution >= 0.6 is 0 Å². The summed E-state index contributed by atoms with van der Waals surface area (Å²) in [4.78, 5) is 15.9. The lowest BCUT2D eigenvalue weighted by Gasteiger charge is -2.06. The third-order valence-corrected chi connectivity index (χ3v) is 3.02. The number of hydrogen-bond donors (Lipinski definition) is 1. The summed E-state index contributed by atoms with van der Waals surface area (Å²) in [5.41, 5.74) is 6.67. The van der Waals surface area contributed by atoms with Crippen molar-refractivity contribution in [1.82, 2.24) is 4.98 Å². The third kappa shape index (κ3) is 2.55. The van der Waals surface area contributed by atoms with Crippen molar-refractivity contribution in [2.24, 2.45) is 5.92 Å². The van der Waals surface area contributed by atoms with Gasteiger partial charge in [0.15, 0.2) is 5.78 Å². The highest BCUT2D eigenvalue weighted by molar-refractivity contribution is 5.94. The highest BCUT2D eigenvalue weighted by Crippen LogP contribution is 2.28. The van der Waals surface area contributed by atoms with E-state index in [1.807, 2.05) is 0 Å². The van der Waals surface area contributed by atoms with E-state index < -0.39 is 0 Å². The number of ketones is 1. The van der Waals surface area contributed by atoms with E-state index in [0.717, 1.165) is 0 Å². The Labute approximate surface area is 89.7 Å². The van der Waals surface area contributed by atoms with Crippen LogP contribution in [0.25, 0.3) is 0 Å². The van der Waals surface area contributed by atoms with Gasteiger partial charge in [0.1, 0.15) is 5.69 Å². The highest BCUT2D eigenvalue weighted by Gasteiger charge is 2.19. The van der Waals surface area contributed by atoms with E-state index in [1.54, 1.807) is 18.3 Å². The van der Waals surface area contributed by atoms with Crippen molar-refractivity contribution in [3.8, 4) is 0 Å². The monoisotopic (exact) mass is 204 g/mol. The standard InChI is InChI=1S/C12H16N2O/c13-10-5-6-11(14-8-10)12(15)7-9-3-1-2-4-9/h5-6,8-9H,1-4,7,13H2. The fraction of sp³-hybridized carbons (Fsp3) is 0.500. The van der Waals surface area contributed by atoms with E-state index in [-0.39, 0.29) is 5.78 Å². The number of aromatic nitrogens is 1. The molecule has 1 aromatic heterocycles. The summed E-state index contributed by atoms with van der Waals surface area (Å²) in [6.07, 6.45) is 7.13. The molecule has 2 N–H and O–H groups in total. The molecule has 0 bridgehead atoms. The van der Waals surface area contributed by atoms with E-state index in [9.17, 15) is 4.79 Å². The number of nitrogen functional groups attached to an aromatic ring is 1. The molecule has 0 unspecified atom stereocenters. The zero-order valence-corrected chi connectivity index (χ0v) is 8.78. The van der Waals surface area contributed by atoms with Crippen LogP contribution in [0.5, 0.6) is 0 Å². The largest absolute Gasteiger partial charge is 0.397 e. The van der Waals surface area contributed by atoms with Crippen molar-refractivity contribution in [2.45, 2.75) is 32.1 Å². The summed E-state index contributed by atoms with van der Waals surface area (Å²) in [6, 6.07) is 3.45. The Morgan fingerprint density at radius 3 is 2.73 bits per heavy atom. The van der Waals surface area contributed by atoms with E-state index in [0.29, 0.717) is 23.7 Å². The Bertz CT molecular complexity index is 339. The van der Waals surface area contributed by atoms with Gasteiger partial charge in [-0.15, -0.1) is 0 Å². The predicted octanol–water partition coefficient (Wildman–Crippen LogP) is 2.43. The predicted molar refractivity (Wildman–Crippen MR) is 59.6 cm³/mol. The molecular weight excluding hydrogens is 188 g/mol. The van der Waals surface area contributed by atoms with Crippen molar-refractivity contribution < 1.29 is 4.79 Å². The van der Waals surface area contributed by atoms with Crippen molar-refractivity contribution in [2.75, 3.05) is 5.73 Å². The Morgan fingerprint density at radius 2 is 2.13 bits per heavy atom. The normalized spacial score (nSPS) is 16.8. The van der Waals surface area contributed by atoms with Crippen LogP contribution < -0.4 is 5.73 Å². The second-order valence-corrected chi connectivity index (χ2v) is 4.25. The maximum Gasteiger partial charge on any atom is 0.181 e. The molecule has 0 amide bonds. The first-order valence-electron chi connectivity index (χ1n) is 5.50. The summed E-state index contributed by atoms with van der Waals surface area (Å²) < 4.78 is 0.